The Labute approximate surface area is 91.6 Å². The van der Waals surface area contributed by atoms with Gasteiger partial charge in [0.05, 0.1) is 5.54 Å². The molecule has 1 aromatic rings. The molecule has 1 radical (unpaired) electrons. The van der Waals surface area contributed by atoms with Crippen LogP contribution >= 0.6 is 0 Å². The molecule has 0 aliphatic heterocycles. The summed E-state index contributed by atoms with van der Waals surface area (Å²) in [6.45, 7) is 9.57. The van der Waals surface area contributed by atoms with Crippen LogP contribution in [0.3, 0.4) is 0 Å². The number of hydrogen-bond donors (Lipinski definition) is 0. The van der Waals surface area contributed by atoms with Crippen molar-refractivity contribution < 1.29 is 32.7 Å². The van der Waals surface area contributed by atoms with Gasteiger partial charge in [0.2, 0.25) is 0 Å². The van der Waals surface area contributed by atoms with Gasteiger partial charge in [0, 0.05) is 38.5 Å². The standard InChI is InChI=1S/C6H11N4.Y/c1-5-7-9-10(8-5)6(2,3)4;/h1H2,2-4H3;/q-1;. The van der Waals surface area contributed by atoms with E-state index in [-0.39, 0.29) is 38.2 Å². The molecule has 0 aromatic carbocycles. The first-order valence-electron chi connectivity index (χ1n) is 3.12. The van der Waals surface area contributed by atoms with E-state index in [1.807, 2.05) is 20.8 Å². The van der Waals surface area contributed by atoms with Crippen molar-refractivity contribution in [2.75, 3.05) is 0 Å². The number of aromatic nitrogens is 4. The molecule has 0 saturated heterocycles. The summed E-state index contributed by atoms with van der Waals surface area (Å²) in [5, 5.41) is 11.4. The van der Waals surface area contributed by atoms with Gasteiger partial charge in [-0.05, 0) is 26.0 Å². The molecule has 0 saturated carbocycles. The van der Waals surface area contributed by atoms with Gasteiger partial charge in [0.15, 0.2) is 0 Å². The molecule has 59 valence electrons. The molecular formula is C6H11N4Y-. The predicted molar refractivity (Wildman–Crippen MR) is 37.3 cm³/mol. The second kappa shape index (κ2) is 3.63. The molecule has 1 heterocycles. The molecule has 1 aromatic heterocycles. The summed E-state index contributed by atoms with van der Waals surface area (Å²) in [4.78, 5) is 1.55. The van der Waals surface area contributed by atoms with Crippen molar-refractivity contribution in [2.24, 2.45) is 0 Å². The number of nitrogens with zero attached hydrogens (tertiary/aromatic N) is 4. The zero-order valence-electron chi connectivity index (χ0n) is 7.07. The van der Waals surface area contributed by atoms with Crippen molar-refractivity contribution in [3.8, 4) is 0 Å². The van der Waals surface area contributed by atoms with E-state index >= 15 is 0 Å². The topological polar surface area (TPSA) is 43.6 Å². The van der Waals surface area contributed by atoms with Crippen molar-refractivity contribution in [2.45, 2.75) is 26.3 Å². The van der Waals surface area contributed by atoms with Crippen LogP contribution in [0.25, 0.3) is 0 Å². The van der Waals surface area contributed by atoms with Crippen molar-refractivity contribution in [3.05, 3.63) is 12.7 Å². The van der Waals surface area contributed by atoms with Crippen molar-refractivity contribution in [1.82, 2.24) is 20.2 Å². The van der Waals surface area contributed by atoms with E-state index in [9.17, 15) is 0 Å². The van der Waals surface area contributed by atoms with Crippen LogP contribution in [-0.2, 0) is 38.2 Å². The maximum atomic E-state index is 3.97. The van der Waals surface area contributed by atoms with Gasteiger partial charge in [-0.1, -0.05) is 0 Å². The number of rotatable bonds is 0. The van der Waals surface area contributed by atoms with Crippen molar-refractivity contribution >= 4 is 0 Å². The fraction of sp³-hybridized carbons (Fsp3) is 0.667. The van der Waals surface area contributed by atoms with Crippen LogP contribution in [0.5, 0.6) is 0 Å². The van der Waals surface area contributed by atoms with Gasteiger partial charge in [0.25, 0.3) is 0 Å². The molecule has 0 fully saturated rings. The van der Waals surface area contributed by atoms with E-state index < -0.39 is 0 Å². The predicted octanol–water partition coefficient (Wildman–Crippen LogP) is 0.608. The normalized spacial score (nSPS) is 10.8. The van der Waals surface area contributed by atoms with Gasteiger partial charge >= 0.3 is 0 Å². The van der Waals surface area contributed by atoms with E-state index in [2.05, 4.69) is 22.3 Å². The second-order valence-electron chi connectivity index (χ2n) is 3.17. The second-order valence-corrected chi connectivity index (χ2v) is 3.17. The molecule has 0 bridgehead atoms. The van der Waals surface area contributed by atoms with Gasteiger partial charge in [0.1, 0.15) is 0 Å². The maximum absolute atomic E-state index is 3.97. The van der Waals surface area contributed by atoms with Crippen LogP contribution < -0.4 is 0 Å². The van der Waals surface area contributed by atoms with Gasteiger partial charge in [-0.15, -0.1) is 5.10 Å². The Hall–Kier alpha value is 0.0439. The molecule has 11 heavy (non-hydrogen) atoms. The first-order chi connectivity index (χ1) is 4.50. The summed E-state index contributed by atoms with van der Waals surface area (Å²) in [5.74, 6) is 0.468. The maximum Gasteiger partial charge on any atom is 0.0757 e. The van der Waals surface area contributed by atoms with Crippen LogP contribution in [-0.4, -0.2) is 20.2 Å². The Morgan fingerprint density at radius 1 is 1.36 bits per heavy atom. The molecule has 0 aliphatic carbocycles. The average Bonchev–Trinajstić information content (AvgIpc) is 2.11. The SMILES string of the molecule is [CH2-]c1nnn(C(C)(C)C)n1.[Y]. The van der Waals surface area contributed by atoms with Crippen LogP contribution in [0, 0.1) is 6.92 Å². The summed E-state index contributed by atoms with van der Waals surface area (Å²) >= 11 is 0. The van der Waals surface area contributed by atoms with Gasteiger partial charge < -0.3 is 6.92 Å². The molecule has 4 nitrogen and oxygen atoms in total. The van der Waals surface area contributed by atoms with Gasteiger partial charge in [-0.25, -0.2) is 0 Å². The Balaban J connectivity index is 0.000001000. The summed E-state index contributed by atoms with van der Waals surface area (Å²) in [6.07, 6.45) is 0. The summed E-state index contributed by atoms with van der Waals surface area (Å²) in [6, 6.07) is 0. The molecule has 0 amide bonds. The molecule has 0 aliphatic rings. The molecule has 0 unspecified atom stereocenters. The first kappa shape index (κ1) is 11.0. The molecule has 0 atom stereocenters. The third kappa shape index (κ3) is 2.87. The zero-order chi connectivity index (χ0) is 7.78. The molecule has 0 spiro atoms. The molecule has 5 heteroatoms. The molecular weight excluding hydrogens is 217 g/mol. The molecule has 0 N–H and O–H groups in total. The number of hydrogen-bond acceptors (Lipinski definition) is 3. The van der Waals surface area contributed by atoms with E-state index in [4.69, 9.17) is 0 Å². The summed E-state index contributed by atoms with van der Waals surface area (Å²) < 4.78 is 0. The van der Waals surface area contributed by atoms with Crippen LogP contribution in [0.4, 0.5) is 0 Å². The van der Waals surface area contributed by atoms with Gasteiger partial charge in [-0.3, -0.25) is 0 Å². The van der Waals surface area contributed by atoms with E-state index in [1.54, 1.807) is 4.80 Å². The summed E-state index contributed by atoms with van der Waals surface area (Å²) in [5.41, 5.74) is -0.0943. The zero-order valence-corrected chi connectivity index (χ0v) is 9.91. The first-order valence-corrected chi connectivity index (χ1v) is 3.12. The Kier molecular flexibility index (Phi) is 3.64. The van der Waals surface area contributed by atoms with Crippen molar-refractivity contribution in [3.63, 3.8) is 0 Å². The largest absolute Gasteiger partial charge is 0.334 e. The third-order valence-corrected chi connectivity index (χ3v) is 1.06. The van der Waals surface area contributed by atoms with Crippen LogP contribution in [0.15, 0.2) is 0 Å². The number of tetrazole rings is 1. The minimum atomic E-state index is -0.0943. The molecule has 1 rings (SSSR count). The minimum absolute atomic E-state index is 0. The summed E-state index contributed by atoms with van der Waals surface area (Å²) in [7, 11) is 0. The van der Waals surface area contributed by atoms with E-state index in [0.29, 0.717) is 5.82 Å². The van der Waals surface area contributed by atoms with Crippen molar-refractivity contribution in [1.29, 1.82) is 0 Å². The Morgan fingerprint density at radius 3 is 2.09 bits per heavy atom. The van der Waals surface area contributed by atoms with Crippen LogP contribution in [0.2, 0.25) is 0 Å². The monoisotopic (exact) mass is 228 g/mol. The quantitative estimate of drug-likeness (QED) is 0.611. The minimum Gasteiger partial charge on any atom is -0.334 e. The fourth-order valence-electron chi connectivity index (χ4n) is 0.527. The van der Waals surface area contributed by atoms with Crippen LogP contribution in [0.1, 0.15) is 26.6 Å². The van der Waals surface area contributed by atoms with E-state index in [0.717, 1.165) is 0 Å². The average molecular weight is 228 g/mol. The Morgan fingerprint density at radius 2 is 1.91 bits per heavy atom. The third-order valence-electron chi connectivity index (χ3n) is 1.06. The Bertz CT molecular complexity index is 225. The fourth-order valence-corrected chi connectivity index (χ4v) is 0.527. The smallest absolute Gasteiger partial charge is 0.0757 e. The van der Waals surface area contributed by atoms with E-state index in [1.165, 1.54) is 0 Å². The van der Waals surface area contributed by atoms with Gasteiger partial charge in [-0.2, -0.15) is 9.90 Å².